The van der Waals surface area contributed by atoms with Crippen LogP contribution in [0, 0.1) is 0 Å². The molecule has 0 nitrogen and oxygen atoms in total. The number of rotatable bonds is 3. The van der Waals surface area contributed by atoms with Crippen molar-refractivity contribution >= 4 is 0 Å². The van der Waals surface area contributed by atoms with Gasteiger partial charge in [-0.2, -0.15) is 13.2 Å². The summed E-state index contributed by atoms with van der Waals surface area (Å²) in [6.07, 6.45) is -2.18. The zero-order valence-corrected chi connectivity index (χ0v) is 10.9. The standard InChI is InChI=1S/C12H15F3.C2H6/c1-3-4-9(2)10-5-7-11(8-6-10)12(13,14)15;1-2/h5-9H,3-4H2,1-2H3;1-2H3. The minimum absolute atomic E-state index is 0.331. The molecule has 1 aromatic rings. The molecule has 17 heavy (non-hydrogen) atoms. The molecule has 1 unspecified atom stereocenters. The molecule has 0 N–H and O–H groups in total. The molecule has 3 heteroatoms. The fourth-order valence-corrected chi connectivity index (χ4v) is 1.60. The third kappa shape index (κ3) is 5.24. The molecule has 1 aromatic carbocycles. The van der Waals surface area contributed by atoms with Crippen molar-refractivity contribution in [2.45, 2.75) is 52.6 Å². The lowest BCUT2D eigenvalue weighted by Crippen LogP contribution is -2.05. The predicted octanol–water partition coefficient (Wildman–Crippen LogP) is 5.64. The van der Waals surface area contributed by atoms with Crippen LogP contribution in [0.3, 0.4) is 0 Å². The topological polar surface area (TPSA) is 0 Å². The van der Waals surface area contributed by atoms with Gasteiger partial charge in [-0.15, -0.1) is 0 Å². The van der Waals surface area contributed by atoms with Gasteiger partial charge in [0.15, 0.2) is 0 Å². The van der Waals surface area contributed by atoms with Crippen molar-refractivity contribution in [3.05, 3.63) is 35.4 Å². The van der Waals surface area contributed by atoms with Crippen molar-refractivity contribution in [3.63, 3.8) is 0 Å². The number of hydrogen-bond acceptors (Lipinski definition) is 0. The van der Waals surface area contributed by atoms with E-state index in [2.05, 4.69) is 6.92 Å². The lowest BCUT2D eigenvalue weighted by Gasteiger charge is -2.12. The SMILES string of the molecule is CC.CCCC(C)c1ccc(C(F)(F)F)cc1. The van der Waals surface area contributed by atoms with E-state index in [1.807, 2.05) is 20.8 Å². The lowest BCUT2D eigenvalue weighted by molar-refractivity contribution is -0.137. The molecule has 0 saturated carbocycles. The highest BCUT2D eigenvalue weighted by molar-refractivity contribution is 5.26. The first-order valence-electron chi connectivity index (χ1n) is 6.12. The van der Waals surface area contributed by atoms with Gasteiger partial charge in [0, 0.05) is 0 Å². The quantitative estimate of drug-likeness (QED) is 0.647. The highest BCUT2D eigenvalue weighted by Gasteiger charge is 2.30. The van der Waals surface area contributed by atoms with Crippen LogP contribution in [0.4, 0.5) is 13.2 Å². The Morgan fingerprint density at radius 2 is 1.53 bits per heavy atom. The monoisotopic (exact) mass is 246 g/mol. The maximum absolute atomic E-state index is 12.3. The molecule has 0 aliphatic rings. The maximum Gasteiger partial charge on any atom is 0.416 e. The molecule has 0 radical (unpaired) electrons. The normalized spacial score (nSPS) is 12.6. The minimum Gasteiger partial charge on any atom is -0.166 e. The predicted molar refractivity (Wildman–Crippen MR) is 66.1 cm³/mol. The lowest BCUT2D eigenvalue weighted by atomic mass is 9.96. The van der Waals surface area contributed by atoms with Crippen molar-refractivity contribution < 1.29 is 13.2 Å². The van der Waals surface area contributed by atoms with Crippen LogP contribution in [0.15, 0.2) is 24.3 Å². The molecule has 0 bridgehead atoms. The Kier molecular flexibility index (Phi) is 6.93. The number of hydrogen-bond donors (Lipinski definition) is 0. The van der Waals surface area contributed by atoms with E-state index in [1.54, 1.807) is 12.1 Å². The molecular weight excluding hydrogens is 225 g/mol. The van der Waals surface area contributed by atoms with Gasteiger partial charge < -0.3 is 0 Å². The number of benzene rings is 1. The molecule has 0 spiro atoms. The molecule has 0 fully saturated rings. The minimum atomic E-state index is -4.23. The Morgan fingerprint density at radius 3 is 1.88 bits per heavy atom. The summed E-state index contributed by atoms with van der Waals surface area (Å²) >= 11 is 0. The molecule has 0 aliphatic carbocycles. The van der Waals surface area contributed by atoms with Crippen LogP contribution in [0.25, 0.3) is 0 Å². The second-order valence-electron chi connectivity index (χ2n) is 3.81. The van der Waals surface area contributed by atoms with Crippen LogP contribution in [-0.2, 0) is 6.18 Å². The number of alkyl halides is 3. The highest BCUT2D eigenvalue weighted by Crippen LogP contribution is 2.30. The van der Waals surface area contributed by atoms with Gasteiger partial charge >= 0.3 is 6.18 Å². The summed E-state index contributed by atoms with van der Waals surface area (Å²) in [5.41, 5.74) is 0.403. The number of halogens is 3. The zero-order valence-electron chi connectivity index (χ0n) is 10.9. The molecule has 0 saturated heterocycles. The first-order chi connectivity index (χ1) is 7.95. The third-order valence-electron chi connectivity index (χ3n) is 2.53. The van der Waals surface area contributed by atoms with Gasteiger partial charge in [0.1, 0.15) is 0 Å². The van der Waals surface area contributed by atoms with Gasteiger partial charge in [-0.25, -0.2) is 0 Å². The van der Waals surface area contributed by atoms with Crippen molar-refractivity contribution in [2.24, 2.45) is 0 Å². The molecule has 98 valence electrons. The summed E-state index contributed by atoms with van der Waals surface area (Å²) in [6.45, 7) is 8.10. The van der Waals surface area contributed by atoms with E-state index in [0.717, 1.165) is 30.5 Å². The van der Waals surface area contributed by atoms with Crippen LogP contribution in [0.1, 0.15) is 57.6 Å². The summed E-state index contributed by atoms with van der Waals surface area (Å²) in [4.78, 5) is 0. The van der Waals surface area contributed by atoms with Gasteiger partial charge in [0.25, 0.3) is 0 Å². The fraction of sp³-hybridized carbons (Fsp3) is 0.571. The average Bonchev–Trinajstić information content (AvgIpc) is 2.31. The van der Waals surface area contributed by atoms with Crippen LogP contribution in [-0.4, -0.2) is 0 Å². The van der Waals surface area contributed by atoms with Crippen LogP contribution < -0.4 is 0 Å². The fourth-order valence-electron chi connectivity index (χ4n) is 1.60. The summed E-state index contributed by atoms with van der Waals surface area (Å²) in [7, 11) is 0. The summed E-state index contributed by atoms with van der Waals surface area (Å²) in [5.74, 6) is 0.331. The largest absolute Gasteiger partial charge is 0.416 e. The molecule has 0 heterocycles. The Labute approximate surface area is 102 Å². The van der Waals surface area contributed by atoms with E-state index in [1.165, 1.54) is 0 Å². The van der Waals surface area contributed by atoms with Crippen LogP contribution in [0.2, 0.25) is 0 Å². The van der Waals surface area contributed by atoms with Crippen LogP contribution >= 0.6 is 0 Å². The van der Waals surface area contributed by atoms with Crippen LogP contribution in [0.5, 0.6) is 0 Å². The van der Waals surface area contributed by atoms with Gasteiger partial charge in [0.05, 0.1) is 5.56 Å². The van der Waals surface area contributed by atoms with Gasteiger partial charge in [-0.3, -0.25) is 0 Å². The Hall–Kier alpha value is -0.990. The van der Waals surface area contributed by atoms with Crippen molar-refractivity contribution in [2.75, 3.05) is 0 Å². The zero-order chi connectivity index (χ0) is 13.5. The highest BCUT2D eigenvalue weighted by atomic mass is 19.4. The van der Waals surface area contributed by atoms with E-state index >= 15 is 0 Å². The molecule has 0 amide bonds. The molecule has 0 aliphatic heterocycles. The van der Waals surface area contributed by atoms with E-state index < -0.39 is 11.7 Å². The smallest absolute Gasteiger partial charge is 0.166 e. The van der Waals surface area contributed by atoms with Crippen molar-refractivity contribution in [1.29, 1.82) is 0 Å². The molecule has 1 atom stereocenters. The summed E-state index contributed by atoms with van der Waals surface area (Å²) in [5, 5.41) is 0. The van der Waals surface area contributed by atoms with E-state index in [0.29, 0.717) is 5.92 Å². The Balaban J connectivity index is 0.00000121. The second kappa shape index (κ2) is 7.36. The first kappa shape index (κ1) is 16.0. The van der Waals surface area contributed by atoms with E-state index in [-0.39, 0.29) is 0 Å². The van der Waals surface area contributed by atoms with Gasteiger partial charge in [-0.05, 0) is 30.0 Å². The van der Waals surface area contributed by atoms with Gasteiger partial charge in [-0.1, -0.05) is 46.2 Å². The molecular formula is C14H21F3. The second-order valence-corrected chi connectivity index (χ2v) is 3.81. The first-order valence-corrected chi connectivity index (χ1v) is 6.12. The average molecular weight is 246 g/mol. The van der Waals surface area contributed by atoms with E-state index in [4.69, 9.17) is 0 Å². The van der Waals surface area contributed by atoms with E-state index in [9.17, 15) is 13.2 Å². The molecule has 1 rings (SSSR count). The van der Waals surface area contributed by atoms with Gasteiger partial charge in [0.2, 0.25) is 0 Å². The third-order valence-corrected chi connectivity index (χ3v) is 2.53. The maximum atomic E-state index is 12.3. The molecule has 0 aromatic heterocycles. The Morgan fingerprint density at radius 1 is 1.06 bits per heavy atom. The van der Waals surface area contributed by atoms with Crippen molar-refractivity contribution in [3.8, 4) is 0 Å². The summed E-state index contributed by atoms with van der Waals surface area (Å²) in [6, 6.07) is 5.45. The van der Waals surface area contributed by atoms with Crippen molar-refractivity contribution in [1.82, 2.24) is 0 Å². The Bertz CT molecular complexity index is 298. The summed E-state index contributed by atoms with van der Waals surface area (Å²) < 4.78 is 36.8.